The molecule has 0 radical (unpaired) electrons. The summed E-state index contributed by atoms with van der Waals surface area (Å²) in [7, 11) is -3.62. The van der Waals surface area contributed by atoms with E-state index >= 15 is 0 Å². The van der Waals surface area contributed by atoms with Gasteiger partial charge >= 0.3 is 0 Å². The number of nitrogens with zero attached hydrogens (tertiary/aromatic N) is 1. The van der Waals surface area contributed by atoms with Crippen LogP contribution in [0.3, 0.4) is 0 Å². The number of carbonyl (C=O) groups excluding carboxylic acids is 1. The van der Waals surface area contributed by atoms with Crippen LogP contribution in [0.2, 0.25) is 0 Å². The van der Waals surface area contributed by atoms with Crippen molar-refractivity contribution >= 4 is 32.4 Å². The molecule has 5 rings (SSSR count). The molecular formula is C26H22N2O3S. The summed E-state index contributed by atoms with van der Waals surface area (Å²) in [5.41, 5.74) is 3.09. The lowest BCUT2D eigenvalue weighted by Crippen LogP contribution is -2.29. The van der Waals surface area contributed by atoms with Gasteiger partial charge in [-0.2, -0.15) is 0 Å². The molecule has 1 aliphatic heterocycles. The summed E-state index contributed by atoms with van der Waals surface area (Å²) in [5.74, 6) is -0.176. The third-order valence-corrected chi connectivity index (χ3v) is 7.67. The fourth-order valence-corrected chi connectivity index (χ4v) is 5.73. The first kappa shape index (κ1) is 20.3. The molecule has 1 amide bonds. The topological polar surface area (TPSA) is 66.5 Å². The van der Waals surface area contributed by atoms with E-state index in [0.29, 0.717) is 30.8 Å². The van der Waals surface area contributed by atoms with Gasteiger partial charge in [0.1, 0.15) is 0 Å². The van der Waals surface area contributed by atoms with Crippen molar-refractivity contribution in [2.24, 2.45) is 0 Å². The summed E-state index contributed by atoms with van der Waals surface area (Å²) >= 11 is 0. The van der Waals surface area contributed by atoms with Crippen LogP contribution in [0, 0.1) is 0 Å². The third kappa shape index (κ3) is 3.63. The SMILES string of the molecule is O=C(NCc1cccc2ccccc12)c1ccc2c(c1)CCN2S(=O)(=O)c1ccccc1. The number of anilines is 1. The number of hydrogen-bond acceptors (Lipinski definition) is 3. The van der Waals surface area contributed by atoms with E-state index in [2.05, 4.69) is 17.4 Å². The molecule has 1 N–H and O–H groups in total. The van der Waals surface area contributed by atoms with Crippen molar-refractivity contribution in [3.05, 3.63) is 108 Å². The highest BCUT2D eigenvalue weighted by Crippen LogP contribution is 2.33. The van der Waals surface area contributed by atoms with Crippen LogP contribution < -0.4 is 9.62 Å². The van der Waals surface area contributed by atoms with Crippen molar-refractivity contribution in [3.8, 4) is 0 Å². The molecule has 0 spiro atoms. The lowest BCUT2D eigenvalue weighted by Gasteiger charge is -2.19. The quantitative estimate of drug-likeness (QED) is 0.494. The van der Waals surface area contributed by atoms with Gasteiger partial charge in [0.05, 0.1) is 10.6 Å². The lowest BCUT2D eigenvalue weighted by molar-refractivity contribution is 0.0951. The fourth-order valence-electron chi connectivity index (χ4n) is 4.21. The number of benzene rings is 4. The molecule has 0 aromatic heterocycles. The average molecular weight is 443 g/mol. The predicted molar refractivity (Wildman–Crippen MR) is 126 cm³/mol. The molecule has 5 nitrogen and oxygen atoms in total. The zero-order valence-electron chi connectivity index (χ0n) is 17.4. The first-order valence-electron chi connectivity index (χ1n) is 10.5. The Hall–Kier alpha value is -3.64. The van der Waals surface area contributed by atoms with Crippen LogP contribution in [-0.2, 0) is 23.0 Å². The monoisotopic (exact) mass is 442 g/mol. The minimum atomic E-state index is -3.62. The first-order chi connectivity index (χ1) is 15.5. The minimum Gasteiger partial charge on any atom is -0.348 e. The van der Waals surface area contributed by atoms with E-state index in [0.717, 1.165) is 21.9 Å². The maximum absolute atomic E-state index is 13.0. The van der Waals surface area contributed by atoms with Gasteiger partial charge in [-0.15, -0.1) is 0 Å². The van der Waals surface area contributed by atoms with Gasteiger partial charge in [-0.25, -0.2) is 8.42 Å². The second-order valence-corrected chi connectivity index (χ2v) is 9.67. The lowest BCUT2D eigenvalue weighted by atomic mass is 10.0. The highest BCUT2D eigenvalue weighted by molar-refractivity contribution is 7.92. The zero-order chi connectivity index (χ0) is 22.1. The fraction of sp³-hybridized carbons (Fsp3) is 0.115. The van der Waals surface area contributed by atoms with Crippen molar-refractivity contribution in [2.75, 3.05) is 10.8 Å². The van der Waals surface area contributed by atoms with E-state index < -0.39 is 10.0 Å². The smallest absolute Gasteiger partial charge is 0.264 e. The molecule has 0 fully saturated rings. The van der Waals surface area contributed by atoms with Crippen LogP contribution in [0.4, 0.5) is 5.69 Å². The first-order valence-corrected chi connectivity index (χ1v) is 11.9. The number of amides is 1. The van der Waals surface area contributed by atoms with Crippen LogP contribution in [-0.4, -0.2) is 20.9 Å². The van der Waals surface area contributed by atoms with E-state index in [1.54, 1.807) is 48.5 Å². The number of sulfonamides is 1. The van der Waals surface area contributed by atoms with E-state index in [-0.39, 0.29) is 10.8 Å². The van der Waals surface area contributed by atoms with E-state index in [9.17, 15) is 13.2 Å². The van der Waals surface area contributed by atoms with Gasteiger partial charge in [-0.1, -0.05) is 60.7 Å². The Labute approximate surface area is 187 Å². The Bertz CT molecular complexity index is 1410. The van der Waals surface area contributed by atoms with Gasteiger partial charge in [-0.3, -0.25) is 9.10 Å². The standard InChI is InChI=1S/C26H22N2O3S/c29-26(27-18-22-9-6-8-19-7-4-5-12-24(19)22)21-13-14-25-20(17-21)15-16-28(25)32(30,31)23-10-2-1-3-11-23/h1-14,17H,15-16,18H2,(H,27,29). The molecular weight excluding hydrogens is 420 g/mol. The molecule has 6 heteroatoms. The van der Waals surface area contributed by atoms with Crippen LogP contribution in [0.15, 0.2) is 95.9 Å². The van der Waals surface area contributed by atoms with Crippen molar-refractivity contribution in [2.45, 2.75) is 17.9 Å². The summed E-state index contributed by atoms with van der Waals surface area (Å²) in [5, 5.41) is 5.25. The third-order valence-electron chi connectivity index (χ3n) is 5.85. The summed E-state index contributed by atoms with van der Waals surface area (Å²) < 4.78 is 27.5. The number of carbonyl (C=O) groups is 1. The number of hydrogen-bond donors (Lipinski definition) is 1. The Balaban J connectivity index is 1.35. The molecule has 0 saturated heterocycles. The van der Waals surface area contributed by atoms with Gasteiger partial charge in [0, 0.05) is 18.7 Å². The number of fused-ring (bicyclic) bond motifs is 2. The molecule has 0 aliphatic carbocycles. The molecule has 0 unspecified atom stereocenters. The molecule has 0 saturated carbocycles. The zero-order valence-corrected chi connectivity index (χ0v) is 18.2. The molecule has 1 heterocycles. The second-order valence-electron chi connectivity index (χ2n) is 7.80. The van der Waals surface area contributed by atoms with Crippen molar-refractivity contribution in [1.29, 1.82) is 0 Å². The van der Waals surface area contributed by atoms with Gasteiger partial charge in [0.2, 0.25) is 0 Å². The molecule has 160 valence electrons. The Kier molecular flexibility index (Phi) is 5.15. The minimum absolute atomic E-state index is 0.176. The average Bonchev–Trinajstić information content (AvgIpc) is 3.27. The molecule has 0 bridgehead atoms. The Morgan fingerprint density at radius 2 is 1.62 bits per heavy atom. The van der Waals surface area contributed by atoms with Gasteiger partial charge in [-0.05, 0) is 58.7 Å². The summed E-state index contributed by atoms with van der Waals surface area (Å²) in [6, 6.07) is 27.8. The Morgan fingerprint density at radius 3 is 2.47 bits per heavy atom. The highest BCUT2D eigenvalue weighted by atomic mass is 32.2. The van der Waals surface area contributed by atoms with Crippen LogP contribution >= 0.6 is 0 Å². The van der Waals surface area contributed by atoms with E-state index in [1.165, 1.54) is 4.31 Å². The van der Waals surface area contributed by atoms with Crippen molar-refractivity contribution < 1.29 is 13.2 Å². The van der Waals surface area contributed by atoms with Gasteiger partial charge in [0.25, 0.3) is 15.9 Å². The van der Waals surface area contributed by atoms with Gasteiger partial charge in [0.15, 0.2) is 0 Å². The highest BCUT2D eigenvalue weighted by Gasteiger charge is 2.31. The maximum Gasteiger partial charge on any atom is 0.264 e. The summed E-state index contributed by atoms with van der Waals surface area (Å²) in [6.45, 7) is 0.791. The Morgan fingerprint density at radius 1 is 0.875 bits per heavy atom. The van der Waals surface area contributed by atoms with Crippen LogP contribution in [0.1, 0.15) is 21.5 Å². The van der Waals surface area contributed by atoms with Crippen LogP contribution in [0.25, 0.3) is 10.8 Å². The number of rotatable bonds is 5. The summed E-state index contributed by atoms with van der Waals surface area (Å²) in [6.07, 6.45) is 0.575. The van der Waals surface area contributed by atoms with Crippen LogP contribution in [0.5, 0.6) is 0 Å². The molecule has 4 aromatic carbocycles. The van der Waals surface area contributed by atoms with Crippen molar-refractivity contribution in [1.82, 2.24) is 5.32 Å². The second kappa shape index (κ2) is 8.13. The van der Waals surface area contributed by atoms with Gasteiger partial charge < -0.3 is 5.32 Å². The predicted octanol–water partition coefficient (Wildman–Crippen LogP) is 4.52. The van der Waals surface area contributed by atoms with E-state index in [1.807, 2.05) is 30.3 Å². The van der Waals surface area contributed by atoms with Crippen molar-refractivity contribution in [3.63, 3.8) is 0 Å². The summed E-state index contributed by atoms with van der Waals surface area (Å²) in [4.78, 5) is 13.1. The maximum atomic E-state index is 13.0. The largest absolute Gasteiger partial charge is 0.348 e. The molecule has 1 aliphatic rings. The molecule has 0 atom stereocenters. The molecule has 4 aromatic rings. The number of nitrogens with one attached hydrogen (secondary N) is 1. The molecule has 32 heavy (non-hydrogen) atoms. The normalized spacial score (nSPS) is 13.2. The van der Waals surface area contributed by atoms with E-state index in [4.69, 9.17) is 0 Å².